The molecule has 0 aromatic carbocycles. The first-order valence-corrected chi connectivity index (χ1v) is 14.3. The predicted molar refractivity (Wildman–Crippen MR) is 138 cm³/mol. The van der Waals surface area contributed by atoms with Crippen LogP contribution in [0.15, 0.2) is 11.6 Å². The van der Waals surface area contributed by atoms with E-state index in [4.69, 9.17) is 0 Å². The molecule has 0 heterocycles. The number of hydrogen-bond donors (Lipinski definition) is 6. The van der Waals surface area contributed by atoms with Gasteiger partial charge in [-0.2, -0.15) is 0 Å². The van der Waals surface area contributed by atoms with E-state index in [1.54, 1.807) is 0 Å². The van der Waals surface area contributed by atoms with Gasteiger partial charge in [-0.05, 0) is 90.8 Å². The van der Waals surface area contributed by atoms with Gasteiger partial charge in [0.2, 0.25) is 0 Å². The molecule has 0 bridgehead atoms. The van der Waals surface area contributed by atoms with E-state index in [9.17, 15) is 35.4 Å². The second-order valence-corrected chi connectivity index (χ2v) is 15.0. The van der Waals surface area contributed by atoms with Crippen LogP contribution in [0.25, 0.3) is 0 Å². The maximum absolute atomic E-state index is 12.8. The molecule has 4 fully saturated rings. The van der Waals surface area contributed by atoms with Crippen LogP contribution < -0.4 is 0 Å². The summed E-state index contributed by atoms with van der Waals surface area (Å²) in [6.07, 6.45) is 4.08. The Bertz CT molecular complexity index is 986. The standard InChI is InChI=1S/C30H48O7/c1-25(2)10-11-30(24(36)37)18(12-25)17-6-7-20-26(3)13-19(33)23(35)29(15-31,16-32)21(26)8-9-27(20,4)28(17,5)14-22(30)34/h6,18-23,31-35H,7-16H2,1-5H3,(H,36,37)/t18-,19+,20+,21+,22-,23+,26+,27-,28+,30+/m0/s1. The first-order valence-electron chi connectivity index (χ1n) is 14.3. The lowest BCUT2D eigenvalue weighted by atomic mass is 9.33. The molecular weight excluding hydrogens is 472 g/mol. The molecule has 37 heavy (non-hydrogen) atoms. The van der Waals surface area contributed by atoms with Crippen molar-refractivity contribution in [2.75, 3.05) is 13.2 Å². The summed E-state index contributed by atoms with van der Waals surface area (Å²) in [6, 6.07) is 0. The summed E-state index contributed by atoms with van der Waals surface area (Å²) in [5, 5.41) is 65.1. The van der Waals surface area contributed by atoms with Crippen LogP contribution in [0.5, 0.6) is 0 Å². The molecule has 5 aliphatic rings. The van der Waals surface area contributed by atoms with Gasteiger partial charge < -0.3 is 30.6 Å². The van der Waals surface area contributed by atoms with Crippen LogP contribution in [-0.2, 0) is 4.79 Å². The highest BCUT2D eigenvalue weighted by atomic mass is 16.4. The zero-order valence-corrected chi connectivity index (χ0v) is 23.2. The monoisotopic (exact) mass is 520 g/mol. The molecule has 0 unspecified atom stereocenters. The molecule has 0 radical (unpaired) electrons. The number of rotatable bonds is 3. The fourth-order valence-electron chi connectivity index (χ4n) is 10.9. The molecule has 0 aromatic rings. The summed E-state index contributed by atoms with van der Waals surface area (Å²) in [7, 11) is 0. The number of allylic oxidation sites excluding steroid dienone is 2. The van der Waals surface area contributed by atoms with E-state index in [1.807, 2.05) is 0 Å². The summed E-state index contributed by atoms with van der Waals surface area (Å²) in [6.45, 7) is 10.3. The fraction of sp³-hybridized carbons (Fsp3) is 0.900. The number of carboxylic acid groups (broad SMARTS) is 1. The Hall–Kier alpha value is -0.990. The van der Waals surface area contributed by atoms with Crippen molar-refractivity contribution < 1.29 is 35.4 Å². The van der Waals surface area contributed by atoms with Gasteiger partial charge in [0.05, 0.1) is 31.5 Å². The highest BCUT2D eigenvalue weighted by Gasteiger charge is 2.72. The number of carbonyl (C=O) groups is 1. The number of aliphatic hydroxyl groups excluding tert-OH is 5. The van der Waals surface area contributed by atoms with Crippen molar-refractivity contribution in [3.8, 4) is 0 Å². The van der Waals surface area contributed by atoms with Gasteiger partial charge in [0.15, 0.2) is 0 Å². The minimum absolute atomic E-state index is 0.00467. The molecule has 0 aromatic heterocycles. The second-order valence-electron chi connectivity index (χ2n) is 15.0. The van der Waals surface area contributed by atoms with Gasteiger partial charge in [0.25, 0.3) is 0 Å². The summed E-state index contributed by atoms with van der Waals surface area (Å²) >= 11 is 0. The van der Waals surface area contributed by atoms with Gasteiger partial charge in [-0.25, -0.2) is 0 Å². The average Bonchev–Trinajstić information content (AvgIpc) is 2.80. The van der Waals surface area contributed by atoms with Gasteiger partial charge in [-0.15, -0.1) is 0 Å². The van der Waals surface area contributed by atoms with Crippen molar-refractivity contribution in [3.05, 3.63) is 11.6 Å². The summed E-state index contributed by atoms with van der Waals surface area (Å²) < 4.78 is 0. The minimum atomic E-state index is -1.19. The topological polar surface area (TPSA) is 138 Å². The summed E-state index contributed by atoms with van der Waals surface area (Å²) in [5.74, 6) is -1.18. The van der Waals surface area contributed by atoms with Crippen LogP contribution in [0.4, 0.5) is 0 Å². The Kier molecular flexibility index (Phi) is 6.16. The molecular formula is C30H48O7. The van der Waals surface area contributed by atoms with Crippen molar-refractivity contribution in [3.63, 3.8) is 0 Å². The van der Waals surface area contributed by atoms with Crippen LogP contribution >= 0.6 is 0 Å². The number of aliphatic carboxylic acids is 1. The lowest BCUT2D eigenvalue weighted by Crippen LogP contribution is -2.70. The van der Waals surface area contributed by atoms with E-state index in [0.717, 1.165) is 25.7 Å². The minimum Gasteiger partial charge on any atom is -0.481 e. The normalized spacial score (nSPS) is 52.1. The van der Waals surface area contributed by atoms with Crippen LogP contribution in [0, 0.1) is 50.2 Å². The third-order valence-corrected chi connectivity index (χ3v) is 13.2. The van der Waals surface area contributed by atoms with Gasteiger partial charge in [0.1, 0.15) is 5.41 Å². The van der Waals surface area contributed by atoms with Crippen molar-refractivity contribution in [1.82, 2.24) is 0 Å². The van der Waals surface area contributed by atoms with E-state index in [-0.39, 0.29) is 41.8 Å². The Balaban J connectivity index is 1.64. The average molecular weight is 521 g/mol. The Labute approximate surface area is 221 Å². The molecule has 10 atom stereocenters. The van der Waals surface area contributed by atoms with Crippen LogP contribution in [0.1, 0.15) is 86.0 Å². The van der Waals surface area contributed by atoms with Crippen LogP contribution in [0.3, 0.4) is 0 Å². The maximum Gasteiger partial charge on any atom is 0.312 e. The molecule has 6 N–H and O–H groups in total. The van der Waals surface area contributed by atoms with E-state index in [1.165, 1.54) is 5.57 Å². The third-order valence-electron chi connectivity index (χ3n) is 13.2. The fourth-order valence-corrected chi connectivity index (χ4v) is 10.9. The zero-order valence-electron chi connectivity index (χ0n) is 23.2. The predicted octanol–water partition coefficient (Wildman–Crippen LogP) is 3.12. The maximum atomic E-state index is 12.8. The van der Waals surface area contributed by atoms with E-state index in [2.05, 4.69) is 40.7 Å². The zero-order chi connectivity index (χ0) is 27.4. The van der Waals surface area contributed by atoms with Crippen molar-refractivity contribution in [1.29, 1.82) is 0 Å². The van der Waals surface area contributed by atoms with Gasteiger partial charge in [-0.3, -0.25) is 4.79 Å². The van der Waals surface area contributed by atoms with Gasteiger partial charge in [0, 0.05) is 5.41 Å². The van der Waals surface area contributed by atoms with Crippen molar-refractivity contribution >= 4 is 5.97 Å². The SMILES string of the molecule is CC1(C)CC[C@]2(C(=O)O)[C@@H](O)C[C@]3(C)C(=CC[C@@H]4[C@@]5(C)C[C@@H](O)[C@@H](O)C(CO)(CO)[C@@H]5CC[C@@]43C)[C@@H]2C1. The summed E-state index contributed by atoms with van der Waals surface area (Å²) in [4.78, 5) is 12.8. The molecule has 0 amide bonds. The quantitative estimate of drug-likeness (QED) is 0.314. The van der Waals surface area contributed by atoms with Gasteiger partial charge in [-0.1, -0.05) is 46.3 Å². The highest BCUT2D eigenvalue weighted by Crippen LogP contribution is 2.75. The smallest absolute Gasteiger partial charge is 0.312 e. The van der Waals surface area contributed by atoms with Crippen LogP contribution in [0.2, 0.25) is 0 Å². The van der Waals surface area contributed by atoms with Gasteiger partial charge >= 0.3 is 5.97 Å². The second kappa shape index (κ2) is 8.26. The molecule has 7 nitrogen and oxygen atoms in total. The highest BCUT2D eigenvalue weighted by molar-refractivity contribution is 5.77. The summed E-state index contributed by atoms with van der Waals surface area (Å²) in [5.41, 5.74) is -2.26. The third kappa shape index (κ3) is 3.21. The largest absolute Gasteiger partial charge is 0.481 e. The molecule has 4 saturated carbocycles. The van der Waals surface area contributed by atoms with Crippen molar-refractivity contribution in [2.24, 2.45) is 50.2 Å². The molecule has 5 aliphatic carbocycles. The Morgan fingerprint density at radius 1 is 0.919 bits per heavy atom. The van der Waals surface area contributed by atoms with E-state index in [0.29, 0.717) is 25.7 Å². The lowest BCUT2D eigenvalue weighted by molar-refractivity contribution is -0.260. The van der Waals surface area contributed by atoms with E-state index >= 15 is 0 Å². The number of carboxylic acids is 1. The molecule has 7 heteroatoms. The van der Waals surface area contributed by atoms with Crippen LogP contribution in [-0.4, -0.2) is 68.1 Å². The number of hydrogen-bond acceptors (Lipinski definition) is 6. The molecule has 0 spiro atoms. The number of aliphatic hydroxyl groups is 5. The molecule has 5 rings (SSSR count). The number of fused-ring (bicyclic) bond motifs is 7. The molecule has 0 aliphatic heterocycles. The molecule has 210 valence electrons. The molecule has 0 saturated heterocycles. The Morgan fingerprint density at radius 2 is 1.57 bits per heavy atom. The van der Waals surface area contributed by atoms with Crippen molar-refractivity contribution in [2.45, 2.75) is 104 Å². The first-order chi connectivity index (χ1) is 17.1. The first kappa shape index (κ1) is 27.6. The van der Waals surface area contributed by atoms with E-state index < -0.39 is 45.9 Å². The lowest BCUT2D eigenvalue weighted by Gasteiger charge is -2.72. The Morgan fingerprint density at radius 3 is 2.16 bits per heavy atom.